The Kier molecular flexibility index (Phi) is 4.14. The number of aryl methyl sites for hydroxylation is 1. The van der Waals surface area contributed by atoms with E-state index < -0.39 is 0 Å². The van der Waals surface area contributed by atoms with Gasteiger partial charge in [0.25, 0.3) is 0 Å². The summed E-state index contributed by atoms with van der Waals surface area (Å²) < 4.78 is 8.79. The van der Waals surface area contributed by atoms with Crippen LogP contribution >= 0.6 is 11.3 Å². The van der Waals surface area contributed by atoms with Crippen LogP contribution in [0.25, 0.3) is 31.4 Å². The third kappa shape index (κ3) is 2.41. The van der Waals surface area contributed by atoms with Gasteiger partial charge in [0, 0.05) is 36.5 Å². The molecule has 0 saturated carbocycles. The largest absolute Gasteiger partial charge is 0.462 e. The second kappa shape index (κ2) is 6.57. The van der Waals surface area contributed by atoms with Crippen molar-refractivity contribution in [2.24, 2.45) is 0 Å². The van der Waals surface area contributed by atoms with E-state index >= 15 is 0 Å². The van der Waals surface area contributed by atoms with Gasteiger partial charge in [0.2, 0.25) is 5.43 Å². The molecule has 1 aromatic carbocycles. The highest BCUT2D eigenvalue weighted by molar-refractivity contribution is 7.25. The summed E-state index contributed by atoms with van der Waals surface area (Å²) in [7, 11) is 0. The number of hydrogen-bond acceptors (Lipinski definition) is 5. The van der Waals surface area contributed by atoms with Crippen molar-refractivity contribution in [3.05, 3.63) is 45.8 Å². The van der Waals surface area contributed by atoms with Crippen molar-refractivity contribution in [1.29, 1.82) is 0 Å². The topological polar surface area (TPSA) is 55.5 Å². The van der Waals surface area contributed by atoms with Crippen LogP contribution in [-0.4, -0.2) is 34.9 Å². The maximum absolute atomic E-state index is 12.4. The summed E-state index contributed by atoms with van der Waals surface area (Å²) in [4.78, 5) is 28.2. The van der Waals surface area contributed by atoms with Gasteiger partial charge in [-0.3, -0.25) is 9.59 Å². The quantitative estimate of drug-likeness (QED) is 0.502. The van der Waals surface area contributed by atoms with Gasteiger partial charge < -0.3 is 13.9 Å². The summed E-state index contributed by atoms with van der Waals surface area (Å²) in [5, 5.41) is 2.09. The van der Waals surface area contributed by atoms with E-state index in [1.807, 2.05) is 6.07 Å². The van der Waals surface area contributed by atoms with Gasteiger partial charge in [-0.2, -0.15) is 0 Å². The van der Waals surface area contributed by atoms with E-state index in [4.69, 9.17) is 4.42 Å². The Bertz CT molecular complexity index is 1290. The van der Waals surface area contributed by atoms with Crippen LogP contribution in [0.3, 0.4) is 0 Å². The molecular formula is C22H22N2O3S. The lowest BCUT2D eigenvalue weighted by atomic mass is 10.0. The van der Waals surface area contributed by atoms with Crippen LogP contribution in [0.15, 0.2) is 33.7 Å². The van der Waals surface area contributed by atoms with Crippen molar-refractivity contribution in [1.82, 2.24) is 9.47 Å². The number of Topliss-reactive ketones (excluding diaryl/α,β-unsaturated/α-hetero) is 1. The minimum Gasteiger partial charge on any atom is -0.462 e. The summed E-state index contributed by atoms with van der Waals surface area (Å²) in [6.45, 7) is 8.15. The molecule has 3 aromatic heterocycles. The summed E-state index contributed by atoms with van der Waals surface area (Å²) in [5.74, 6) is 0.210. The van der Waals surface area contributed by atoms with E-state index in [1.165, 1.54) is 23.7 Å². The normalized spacial score (nSPS) is 14.2. The van der Waals surface area contributed by atoms with Gasteiger partial charge in [0.05, 0.1) is 17.2 Å². The van der Waals surface area contributed by atoms with E-state index in [0.717, 1.165) is 64.8 Å². The molecule has 3 heterocycles. The van der Waals surface area contributed by atoms with Gasteiger partial charge in [-0.05, 0) is 37.2 Å². The fourth-order valence-electron chi connectivity index (χ4n) is 4.48. The Morgan fingerprint density at radius 1 is 1.11 bits per heavy atom. The number of nitrogens with zero attached hydrogens (tertiary/aromatic N) is 2. The molecule has 0 N–H and O–H groups in total. The molecule has 0 saturated heterocycles. The number of fused-ring (bicyclic) bond motifs is 7. The molecule has 4 aromatic rings. The Morgan fingerprint density at radius 3 is 2.71 bits per heavy atom. The number of rotatable bonds is 5. The number of aromatic nitrogens is 1. The van der Waals surface area contributed by atoms with Gasteiger partial charge in [0.1, 0.15) is 9.53 Å². The van der Waals surface area contributed by atoms with E-state index in [1.54, 1.807) is 0 Å². The third-order valence-corrected chi connectivity index (χ3v) is 7.20. The van der Waals surface area contributed by atoms with Gasteiger partial charge in [-0.25, -0.2) is 0 Å². The number of ketones is 1. The maximum atomic E-state index is 12.4. The average molecular weight is 394 g/mol. The predicted molar refractivity (Wildman–Crippen MR) is 114 cm³/mol. The number of benzene rings is 1. The SMILES string of the molecule is CCN(CC)CCn1c2ccc3c(c2c2c4occc(=O)c4sc21)CCC3=O. The first-order valence-electron chi connectivity index (χ1n) is 9.87. The first-order valence-corrected chi connectivity index (χ1v) is 10.7. The second-order valence-corrected chi connectivity index (χ2v) is 8.31. The van der Waals surface area contributed by atoms with Crippen LogP contribution in [0.1, 0.15) is 36.2 Å². The highest BCUT2D eigenvalue weighted by atomic mass is 32.1. The molecule has 0 fully saturated rings. The van der Waals surface area contributed by atoms with Crippen LogP contribution in [0.2, 0.25) is 0 Å². The zero-order valence-corrected chi connectivity index (χ0v) is 16.9. The molecule has 0 atom stereocenters. The lowest BCUT2D eigenvalue weighted by molar-refractivity contribution is 0.0994. The zero-order chi connectivity index (χ0) is 19.4. The van der Waals surface area contributed by atoms with Crippen LogP contribution in [-0.2, 0) is 13.0 Å². The minimum absolute atomic E-state index is 0.00505. The number of carbonyl (C=O) groups excluding carboxylic acids is 1. The monoisotopic (exact) mass is 394 g/mol. The fraction of sp³-hybridized carbons (Fsp3) is 0.364. The van der Waals surface area contributed by atoms with Crippen molar-refractivity contribution in [2.45, 2.75) is 33.2 Å². The second-order valence-electron chi connectivity index (χ2n) is 7.31. The molecule has 5 rings (SSSR count). The van der Waals surface area contributed by atoms with Crippen LogP contribution in [0.4, 0.5) is 0 Å². The number of carbonyl (C=O) groups is 1. The molecule has 1 aliphatic rings. The molecule has 144 valence electrons. The van der Waals surface area contributed by atoms with Crippen LogP contribution in [0, 0.1) is 0 Å². The molecule has 6 heteroatoms. The summed E-state index contributed by atoms with van der Waals surface area (Å²) >= 11 is 1.51. The molecule has 0 amide bonds. The van der Waals surface area contributed by atoms with E-state index in [9.17, 15) is 9.59 Å². The lowest BCUT2D eigenvalue weighted by Gasteiger charge is -2.18. The van der Waals surface area contributed by atoms with Gasteiger partial charge in [-0.15, -0.1) is 11.3 Å². The Morgan fingerprint density at radius 2 is 1.93 bits per heavy atom. The standard InChI is InChI=1S/C22H22N2O3S/c1-3-23(4-2)10-11-24-15-7-5-13-14(6-8-16(13)25)18(15)19-20-21(28-22(19)24)17(26)9-12-27-20/h5,7,9,12H,3-4,6,8,10-11H2,1-2H3. The smallest absolute Gasteiger partial charge is 0.202 e. The molecule has 0 bridgehead atoms. The maximum Gasteiger partial charge on any atom is 0.202 e. The lowest BCUT2D eigenvalue weighted by Crippen LogP contribution is -2.26. The number of hydrogen-bond donors (Lipinski definition) is 0. The Labute approximate surface area is 166 Å². The number of thiophene rings is 1. The summed E-state index contributed by atoms with van der Waals surface area (Å²) in [6.07, 6.45) is 2.80. The fourth-order valence-corrected chi connectivity index (χ4v) is 5.68. The molecule has 0 spiro atoms. The van der Waals surface area contributed by atoms with E-state index in [-0.39, 0.29) is 11.2 Å². The summed E-state index contributed by atoms with van der Waals surface area (Å²) in [6, 6.07) is 5.52. The highest BCUT2D eigenvalue weighted by Gasteiger charge is 2.27. The summed E-state index contributed by atoms with van der Waals surface area (Å²) in [5.41, 5.74) is 3.73. The highest BCUT2D eigenvalue weighted by Crippen LogP contribution is 2.43. The molecule has 5 nitrogen and oxygen atoms in total. The molecule has 0 radical (unpaired) electrons. The van der Waals surface area contributed by atoms with Crippen LogP contribution < -0.4 is 5.43 Å². The molecule has 28 heavy (non-hydrogen) atoms. The van der Waals surface area contributed by atoms with Crippen molar-refractivity contribution >= 4 is 48.5 Å². The van der Waals surface area contributed by atoms with Crippen LogP contribution in [0.5, 0.6) is 0 Å². The first-order chi connectivity index (χ1) is 13.6. The first kappa shape index (κ1) is 17.6. The number of likely N-dealkylation sites (N-methyl/N-ethyl adjacent to an activating group) is 1. The minimum atomic E-state index is -0.00505. The van der Waals surface area contributed by atoms with Crippen molar-refractivity contribution in [3.63, 3.8) is 0 Å². The average Bonchev–Trinajstić information content (AvgIpc) is 3.35. The Hall–Kier alpha value is -2.44. The van der Waals surface area contributed by atoms with E-state index in [2.05, 4.69) is 29.4 Å². The van der Waals surface area contributed by atoms with Crippen molar-refractivity contribution in [2.75, 3.05) is 19.6 Å². The Balaban J connectivity index is 1.85. The predicted octanol–water partition coefficient (Wildman–Crippen LogP) is 4.43. The third-order valence-electron chi connectivity index (χ3n) is 5.99. The van der Waals surface area contributed by atoms with E-state index in [0.29, 0.717) is 16.7 Å². The molecular weight excluding hydrogens is 372 g/mol. The molecule has 1 aliphatic carbocycles. The van der Waals surface area contributed by atoms with Crippen molar-refractivity contribution in [3.8, 4) is 0 Å². The molecule has 0 unspecified atom stereocenters. The zero-order valence-electron chi connectivity index (χ0n) is 16.1. The van der Waals surface area contributed by atoms with Gasteiger partial charge >= 0.3 is 0 Å². The van der Waals surface area contributed by atoms with Gasteiger partial charge in [-0.1, -0.05) is 13.8 Å². The molecule has 0 aliphatic heterocycles. The van der Waals surface area contributed by atoms with Crippen molar-refractivity contribution < 1.29 is 9.21 Å². The van der Waals surface area contributed by atoms with Gasteiger partial charge in [0.15, 0.2) is 11.4 Å².